The second-order valence-electron chi connectivity index (χ2n) is 8.79. The van der Waals surface area contributed by atoms with Crippen molar-refractivity contribution in [2.45, 2.75) is 32.7 Å². The van der Waals surface area contributed by atoms with Crippen LogP contribution in [0.25, 0.3) is 0 Å². The van der Waals surface area contributed by atoms with Gasteiger partial charge in [-0.05, 0) is 58.6 Å². The average Bonchev–Trinajstić information content (AvgIpc) is 2.91. The molecule has 1 aromatic carbocycles. The molecule has 3 N–H and O–H groups in total. The van der Waals surface area contributed by atoms with E-state index in [0.29, 0.717) is 55.4 Å². The number of nitrogens with one attached hydrogen (secondary N) is 3. The Balaban J connectivity index is 1.85. The molecule has 0 bridgehead atoms. The topological polar surface area (TPSA) is 126 Å². The first kappa shape index (κ1) is 29.8. The number of carbonyl (C=O) groups is 2. The number of aromatic nitrogens is 2. The van der Waals surface area contributed by atoms with Gasteiger partial charge in [-0.1, -0.05) is 17.9 Å². The maximum absolute atomic E-state index is 12.4. The zero-order valence-corrected chi connectivity index (χ0v) is 22.7. The van der Waals surface area contributed by atoms with E-state index >= 15 is 0 Å². The number of hydrogen-bond acceptors (Lipinski definition) is 8. The van der Waals surface area contributed by atoms with Crippen molar-refractivity contribution in [2.24, 2.45) is 0 Å². The molecule has 0 aliphatic heterocycles. The van der Waals surface area contributed by atoms with Crippen molar-refractivity contribution in [3.63, 3.8) is 0 Å². The quantitative estimate of drug-likeness (QED) is 0.223. The van der Waals surface area contributed by atoms with Crippen LogP contribution in [0.2, 0.25) is 0 Å². The molecule has 0 saturated carbocycles. The molecule has 0 unspecified atom stereocenters. The Morgan fingerprint density at radius 3 is 2.58 bits per heavy atom. The van der Waals surface area contributed by atoms with Gasteiger partial charge in [-0.2, -0.15) is 10.2 Å². The van der Waals surface area contributed by atoms with Gasteiger partial charge in [0.1, 0.15) is 11.9 Å². The van der Waals surface area contributed by atoms with Crippen molar-refractivity contribution in [3.8, 4) is 17.9 Å². The molecule has 1 heterocycles. The SMILES string of the molecule is CCNc1nc(Nc2ccc(C#N)cc2)ncc1C#CCCCNC(=O)[C@H](C)N(C)C(=O)/C=C/CN(C)C. The Labute approximate surface area is 225 Å². The lowest BCUT2D eigenvalue weighted by Gasteiger charge is -2.23. The van der Waals surface area contributed by atoms with E-state index < -0.39 is 6.04 Å². The van der Waals surface area contributed by atoms with Crippen molar-refractivity contribution in [3.05, 3.63) is 53.7 Å². The molecule has 2 aromatic rings. The normalized spacial score (nSPS) is 11.3. The molecule has 0 saturated heterocycles. The molecule has 0 radical (unpaired) electrons. The zero-order valence-electron chi connectivity index (χ0n) is 22.7. The highest BCUT2D eigenvalue weighted by atomic mass is 16.2. The first-order valence-corrected chi connectivity index (χ1v) is 12.5. The van der Waals surface area contributed by atoms with Crippen LogP contribution >= 0.6 is 0 Å². The summed E-state index contributed by atoms with van der Waals surface area (Å²) in [6, 6.07) is 8.54. The second kappa shape index (κ2) is 15.6. The monoisotopic (exact) mass is 516 g/mol. The van der Waals surface area contributed by atoms with E-state index in [2.05, 4.69) is 43.8 Å². The predicted molar refractivity (Wildman–Crippen MR) is 150 cm³/mol. The lowest BCUT2D eigenvalue weighted by atomic mass is 10.2. The molecule has 0 aliphatic carbocycles. The summed E-state index contributed by atoms with van der Waals surface area (Å²) >= 11 is 0. The van der Waals surface area contributed by atoms with E-state index in [1.807, 2.05) is 25.9 Å². The number of nitriles is 1. The first-order valence-electron chi connectivity index (χ1n) is 12.5. The summed E-state index contributed by atoms with van der Waals surface area (Å²) in [6.07, 6.45) is 6.16. The minimum Gasteiger partial charge on any atom is -0.369 e. The van der Waals surface area contributed by atoms with Gasteiger partial charge in [0.05, 0.1) is 23.4 Å². The molecule has 2 rings (SSSR count). The van der Waals surface area contributed by atoms with E-state index in [9.17, 15) is 9.59 Å². The van der Waals surface area contributed by atoms with Crippen LogP contribution in [0.4, 0.5) is 17.5 Å². The molecule has 1 atom stereocenters. The van der Waals surface area contributed by atoms with E-state index in [1.165, 1.54) is 11.0 Å². The van der Waals surface area contributed by atoms with Gasteiger partial charge in [-0.15, -0.1) is 0 Å². The van der Waals surface area contributed by atoms with Crippen LogP contribution in [-0.2, 0) is 9.59 Å². The second-order valence-corrected chi connectivity index (χ2v) is 8.79. The standard InChI is InChI=1S/C28H36N8O2/c1-6-30-26-23(20-32-28(34-26)33-24-15-13-22(19-29)14-16-24)11-8-7-9-17-31-27(38)21(2)36(5)25(37)12-10-18-35(3)4/h10,12-16,20-21H,6-7,9,17-18H2,1-5H3,(H,31,38)(H2,30,32,33,34)/b12-10+/t21-/m0/s1. The summed E-state index contributed by atoms with van der Waals surface area (Å²) in [6.45, 7) is 5.47. The maximum atomic E-state index is 12.4. The molecule has 10 heteroatoms. The van der Waals surface area contributed by atoms with Gasteiger partial charge in [0.2, 0.25) is 17.8 Å². The third-order valence-electron chi connectivity index (χ3n) is 5.44. The summed E-state index contributed by atoms with van der Waals surface area (Å²) in [5, 5.41) is 18.1. The van der Waals surface area contributed by atoms with Crippen LogP contribution in [0, 0.1) is 23.2 Å². The van der Waals surface area contributed by atoms with Crippen LogP contribution in [0.15, 0.2) is 42.6 Å². The summed E-state index contributed by atoms with van der Waals surface area (Å²) in [5.41, 5.74) is 2.03. The molecule has 10 nitrogen and oxygen atoms in total. The minimum absolute atomic E-state index is 0.206. The Morgan fingerprint density at radius 1 is 1.18 bits per heavy atom. The fourth-order valence-electron chi connectivity index (χ4n) is 3.14. The Morgan fingerprint density at radius 2 is 1.92 bits per heavy atom. The van der Waals surface area contributed by atoms with Crippen molar-refractivity contribution >= 4 is 29.3 Å². The van der Waals surface area contributed by atoms with Crippen molar-refractivity contribution in [1.29, 1.82) is 5.26 Å². The molecule has 0 spiro atoms. The number of benzene rings is 1. The Bertz CT molecular complexity index is 1210. The summed E-state index contributed by atoms with van der Waals surface area (Å²) in [7, 11) is 5.46. The van der Waals surface area contributed by atoms with E-state index in [-0.39, 0.29) is 11.8 Å². The van der Waals surface area contributed by atoms with Gasteiger partial charge < -0.3 is 25.8 Å². The summed E-state index contributed by atoms with van der Waals surface area (Å²) in [4.78, 5) is 36.9. The Kier molecular flexibility index (Phi) is 12.3. The van der Waals surface area contributed by atoms with Crippen LogP contribution in [0.5, 0.6) is 0 Å². The molecule has 0 fully saturated rings. The zero-order chi connectivity index (χ0) is 27.9. The summed E-state index contributed by atoms with van der Waals surface area (Å²) in [5.74, 6) is 6.84. The highest BCUT2D eigenvalue weighted by Crippen LogP contribution is 2.17. The van der Waals surface area contributed by atoms with Gasteiger partial charge in [-0.25, -0.2) is 4.98 Å². The van der Waals surface area contributed by atoms with E-state index in [4.69, 9.17) is 5.26 Å². The lowest BCUT2D eigenvalue weighted by molar-refractivity contribution is -0.135. The molecular weight excluding hydrogens is 480 g/mol. The maximum Gasteiger partial charge on any atom is 0.246 e. The Hall–Kier alpha value is -4.41. The van der Waals surface area contributed by atoms with Crippen LogP contribution in [0.3, 0.4) is 0 Å². The largest absolute Gasteiger partial charge is 0.369 e. The van der Waals surface area contributed by atoms with Crippen LogP contribution in [0.1, 0.15) is 37.8 Å². The molecule has 1 aromatic heterocycles. The molecule has 200 valence electrons. The van der Waals surface area contributed by atoms with Crippen molar-refractivity contribution in [1.82, 2.24) is 25.1 Å². The fourth-order valence-corrected chi connectivity index (χ4v) is 3.14. The molecule has 2 amide bonds. The average molecular weight is 517 g/mol. The third-order valence-corrected chi connectivity index (χ3v) is 5.44. The molecule has 38 heavy (non-hydrogen) atoms. The summed E-state index contributed by atoms with van der Waals surface area (Å²) < 4.78 is 0. The van der Waals surface area contributed by atoms with Gasteiger partial charge in [0.15, 0.2) is 0 Å². The van der Waals surface area contributed by atoms with Crippen LogP contribution in [-0.4, -0.2) is 78.4 Å². The number of rotatable bonds is 12. The van der Waals surface area contributed by atoms with E-state index in [1.54, 1.807) is 50.5 Å². The number of carbonyl (C=O) groups excluding carboxylic acids is 2. The highest BCUT2D eigenvalue weighted by molar-refractivity contribution is 5.92. The number of hydrogen-bond donors (Lipinski definition) is 3. The lowest BCUT2D eigenvalue weighted by Crippen LogP contribution is -2.45. The predicted octanol–water partition coefficient (Wildman–Crippen LogP) is 2.74. The number of amides is 2. The first-order chi connectivity index (χ1) is 18.2. The fraction of sp³-hybridized carbons (Fsp3) is 0.393. The third kappa shape index (κ3) is 9.92. The number of nitrogens with zero attached hydrogens (tertiary/aromatic N) is 5. The highest BCUT2D eigenvalue weighted by Gasteiger charge is 2.20. The van der Waals surface area contributed by atoms with Gasteiger partial charge in [-0.3, -0.25) is 9.59 Å². The van der Waals surface area contributed by atoms with Gasteiger partial charge in [0.25, 0.3) is 0 Å². The van der Waals surface area contributed by atoms with E-state index in [0.717, 1.165) is 5.69 Å². The van der Waals surface area contributed by atoms with Gasteiger partial charge in [0, 0.05) is 44.9 Å². The number of unbranched alkanes of at least 4 members (excludes halogenated alkanes) is 1. The van der Waals surface area contributed by atoms with Crippen molar-refractivity contribution in [2.75, 3.05) is 51.4 Å². The molecular formula is C28H36N8O2. The molecule has 0 aliphatic rings. The van der Waals surface area contributed by atoms with Crippen LogP contribution < -0.4 is 16.0 Å². The van der Waals surface area contributed by atoms with Crippen molar-refractivity contribution < 1.29 is 9.59 Å². The smallest absolute Gasteiger partial charge is 0.246 e. The minimum atomic E-state index is -0.575. The number of likely N-dealkylation sites (N-methyl/N-ethyl adjacent to an activating group) is 2. The number of anilines is 3. The van der Waals surface area contributed by atoms with Gasteiger partial charge >= 0.3 is 0 Å².